The smallest absolute Gasteiger partial charge is 0.0443 e. The molecule has 0 amide bonds. The number of hydrogen-bond donors (Lipinski definition) is 1. The molecule has 16 heavy (non-hydrogen) atoms. The van der Waals surface area contributed by atoms with E-state index < -0.39 is 0 Å². The van der Waals surface area contributed by atoms with Gasteiger partial charge >= 0.3 is 0 Å². The highest BCUT2D eigenvalue weighted by molar-refractivity contribution is 8.00. The van der Waals surface area contributed by atoms with E-state index in [1.54, 1.807) is 0 Å². The molecule has 1 aromatic rings. The molecule has 2 atom stereocenters. The lowest BCUT2D eigenvalue weighted by atomic mass is 10.2. The molecule has 1 aliphatic heterocycles. The molecule has 1 fully saturated rings. The van der Waals surface area contributed by atoms with Crippen LogP contribution in [0.5, 0.6) is 0 Å². The first-order valence-electron chi connectivity index (χ1n) is 5.74. The first-order valence-corrected chi connectivity index (χ1v) is 6.68. The van der Waals surface area contributed by atoms with Gasteiger partial charge in [-0.2, -0.15) is 11.8 Å². The highest BCUT2D eigenvalue weighted by Crippen LogP contribution is 2.29. The third kappa shape index (κ3) is 2.50. The summed E-state index contributed by atoms with van der Waals surface area (Å²) in [5.74, 6) is 0. The Morgan fingerprint density at radius 3 is 2.75 bits per heavy atom. The number of nitrogens with zero attached hydrogens (tertiary/aromatic N) is 2. The van der Waals surface area contributed by atoms with Gasteiger partial charge in [-0.05, 0) is 6.07 Å². The molecule has 1 aromatic heterocycles. The van der Waals surface area contributed by atoms with Crippen molar-refractivity contribution in [3.63, 3.8) is 0 Å². The van der Waals surface area contributed by atoms with Gasteiger partial charge in [-0.3, -0.25) is 4.98 Å². The fourth-order valence-corrected chi connectivity index (χ4v) is 3.59. The summed E-state index contributed by atoms with van der Waals surface area (Å²) in [5, 5.41) is 1.37. The summed E-state index contributed by atoms with van der Waals surface area (Å²) in [6.45, 7) is 7.35. The van der Waals surface area contributed by atoms with Crippen LogP contribution in [0.3, 0.4) is 0 Å². The lowest BCUT2D eigenvalue weighted by Gasteiger charge is -2.37. The van der Waals surface area contributed by atoms with E-state index in [-0.39, 0.29) is 0 Å². The fourth-order valence-electron chi connectivity index (χ4n) is 2.26. The molecule has 88 valence electrons. The Balaban J connectivity index is 2.22. The van der Waals surface area contributed by atoms with Gasteiger partial charge in [0.05, 0.1) is 0 Å². The summed E-state index contributed by atoms with van der Waals surface area (Å²) in [6, 6.07) is 2.08. The summed E-state index contributed by atoms with van der Waals surface area (Å²) in [5.41, 5.74) is 8.16. The summed E-state index contributed by atoms with van der Waals surface area (Å²) in [6.07, 6.45) is 3.73. The topological polar surface area (TPSA) is 42.2 Å². The number of anilines is 1. The van der Waals surface area contributed by atoms with Crippen molar-refractivity contribution in [2.75, 3.05) is 18.0 Å². The van der Waals surface area contributed by atoms with Gasteiger partial charge in [0.25, 0.3) is 0 Å². The van der Waals surface area contributed by atoms with Gasteiger partial charge < -0.3 is 10.6 Å². The Kier molecular flexibility index (Phi) is 3.71. The van der Waals surface area contributed by atoms with E-state index in [9.17, 15) is 0 Å². The molecule has 1 saturated heterocycles. The van der Waals surface area contributed by atoms with Crippen molar-refractivity contribution >= 4 is 17.4 Å². The number of nitrogens with two attached hydrogens (primary N) is 1. The Morgan fingerprint density at radius 1 is 1.44 bits per heavy atom. The summed E-state index contributed by atoms with van der Waals surface area (Å²) >= 11 is 2.06. The molecular weight excluding hydrogens is 218 g/mol. The second kappa shape index (κ2) is 5.06. The molecular formula is C12H19N3S. The van der Waals surface area contributed by atoms with E-state index in [1.165, 1.54) is 5.69 Å². The summed E-state index contributed by atoms with van der Waals surface area (Å²) in [7, 11) is 0. The van der Waals surface area contributed by atoms with Gasteiger partial charge in [-0.15, -0.1) is 0 Å². The molecule has 0 bridgehead atoms. The third-order valence-corrected chi connectivity index (χ3v) is 4.09. The molecule has 0 radical (unpaired) electrons. The first-order chi connectivity index (χ1) is 7.70. The minimum absolute atomic E-state index is 0.565. The van der Waals surface area contributed by atoms with E-state index in [2.05, 4.69) is 41.6 Å². The van der Waals surface area contributed by atoms with Crippen LogP contribution in [0.4, 0.5) is 5.69 Å². The van der Waals surface area contributed by atoms with E-state index in [4.69, 9.17) is 5.73 Å². The molecule has 0 aliphatic carbocycles. The van der Waals surface area contributed by atoms with Crippen molar-refractivity contribution in [2.45, 2.75) is 30.9 Å². The zero-order valence-electron chi connectivity index (χ0n) is 9.89. The van der Waals surface area contributed by atoms with Crippen LogP contribution in [0.25, 0.3) is 0 Å². The highest BCUT2D eigenvalue weighted by Gasteiger charge is 2.23. The van der Waals surface area contributed by atoms with Crippen molar-refractivity contribution in [3.05, 3.63) is 24.0 Å². The van der Waals surface area contributed by atoms with E-state index >= 15 is 0 Å². The molecule has 2 heterocycles. The average Bonchev–Trinajstić information content (AvgIpc) is 2.27. The fraction of sp³-hybridized carbons (Fsp3) is 0.583. The second-order valence-electron chi connectivity index (χ2n) is 4.37. The van der Waals surface area contributed by atoms with Crippen molar-refractivity contribution in [1.29, 1.82) is 0 Å². The van der Waals surface area contributed by atoms with Gasteiger partial charge in [0.2, 0.25) is 0 Å². The molecule has 2 rings (SSSR count). The maximum absolute atomic E-state index is 5.75. The summed E-state index contributed by atoms with van der Waals surface area (Å²) < 4.78 is 0. The lowest BCUT2D eigenvalue weighted by Crippen LogP contribution is -2.41. The van der Waals surface area contributed by atoms with Crippen LogP contribution in [0.2, 0.25) is 0 Å². The molecule has 1 aliphatic rings. The number of pyridine rings is 1. The minimum atomic E-state index is 0.565. The molecule has 2 N–H and O–H groups in total. The van der Waals surface area contributed by atoms with Gasteiger partial charge in [0.15, 0.2) is 0 Å². The number of hydrogen-bond acceptors (Lipinski definition) is 4. The van der Waals surface area contributed by atoms with Crippen LogP contribution in [-0.4, -0.2) is 28.6 Å². The van der Waals surface area contributed by atoms with Crippen LogP contribution in [0.1, 0.15) is 19.4 Å². The van der Waals surface area contributed by atoms with Crippen molar-refractivity contribution in [1.82, 2.24) is 4.98 Å². The molecule has 4 heteroatoms. The Hall–Kier alpha value is -0.740. The number of aromatic nitrogens is 1. The SMILES string of the molecule is CC1CN(c2ccncc2CN)CC(C)S1. The Labute approximate surface area is 101 Å². The first kappa shape index (κ1) is 11.7. The second-order valence-corrected chi connectivity index (χ2v) is 6.25. The average molecular weight is 237 g/mol. The predicted molar refractivity (Wildman–Crippen MR) is 70.9 cm³/mol. The van der Waals surface area contributed by atoms with Crippen molar-refractivity contribution in [3.8, 4) is 0 Å². The summed E-state index contributed by atoms with van der Waals surface area (Å²) in [4.78, 5) is 6.58. The highest BCUT2D eigenvalue weighted by atomic mass is 32.2. The predicted octanol–water partition coefficient (Wildman–Crippen LogP) is 1.87. The molecule has 3 nitrogen and oxygen atoms in total. The standard InChI is InChI=1S/C12H19N3S/c1-9-7-15(8-10(2)16-9)12-3-4-14-6-11(12)5-13/h3-4,6,9-10H,5,7-8,13H2,1-2H3. The van der Waals surface area contributed by atoms with Crippen LogP contribution in [-0.2, 0) is 6.54 Å². The van der Waals surface area contributed by atoms with Gasteiger partial charge in [-0.25, -0.2) is 0 Å². The van der Waals surface area contributed by atoms with Crippen molar-refractivity contribution in [2.24, 2.45) is 5.73 Å². The molecule has 0 saturated carbocycles. The van der Waals surface area contributed by atoms with Crippen LogP contribution >= 0.6 is 11.8 Å². The van der Waals surface area contributed by atoms with Crippen LogP contribution < -0.4 is 10.6 Å². The quantitative estimate of drug-likeness (QED) is 0.852. The van der Waals surface area contributed by atoms with Crippen LogP contribution in [0.15, 0.2) is 18.5 Å². The Bertz CT molecular complexity index is 346. The maximum atomic E-state index is 5.75. The third-order valence-electron chi connectivity index (χ3n) is 2.86. The van der Waals surface area contributed by atoms with Gasteiger partial charge in [0, 0.05) is 53.8 Å². The largest absolute Gasteiger partial charge is 0.369 e. The van der Waals surface area contributed by atoms with E-state index in [0.29, 0.717) is 17.0 Å². The van der Waals surface area contributed by atoms with Crippen molar-refractivity contribution < 1.29 is 0 Å². The number of thioether (sulfide) groups is 1. The zero-order chi connectivity index (χ0) is 11.5. The van der Waals surface area contributed by atoms with E-state index in [0.717, 1.165) is 18.7 Å². The number of rotatable bonds is 2. The minimum Gasteiger partial charge on any atom is -0.369 e. The molecule has 0 spiro atoms. The normalized spacial score (nSPS) is 25.8. The van der Waals surface area contributed by atoms with E-state index in [1.807, 2.05) is 12.4 Å². The maximum Gasteiger partial charge on any atom is 0.0443 e. The Morgan fingerprint density at radius 2 is 2.12 bits per heavy atom. The lowest BCUT2D eigenvalue weighted by molar-refractivity contribution is 0.723. The van der Waals surface area contributed by atoms with Gasteiger partial charge in [0.1, 0.15) is 0 Å². The zero-order valence-corrected chi connectivity index (χ0v) is 10.7. The molecule has 0 aromatic carbocycles. The van der Waals surface area contributed by atoms with Crippen LogP contribution in [0, 0.1) is 0 Å². The monoisotopic (exact) mass is 237 g/mol. The molecule has 2 unspecified atom stereocenters. The van der Waals surface area contributed by atoms with Gasteiger partial charge in [-0.1, -0.05) is 13.8 Å².